The highest BCUT2D eigenvalue weighted by Crippen LogP contribution is 2.47. The first kappa shape index (κ1) is 16.6. The zero-order valence-corrected chi connectivity index (χ0v) is 13.2. The van der Waals surface area contributed by atoms with Crippen molar-refractivity contribution in [2.45, 2.75) is 17.5 Å². The van der Waals surface area contributed by atoms with Gasteiger partial charge < -0.3 is 5.32 Å². The summed E-state index contributed by atoms with van der Waals surface area (Å²) in [5.41, 5.74) is 0.653. The summed E-state index contributed by atoms with van der Waals surface area (Å²) < 4.78 is 39.0. The van der Waals surface area contributed by atoms with E-state index in [1.54, 1.807) is 36.4 Å². The molecule has 1 heterocycles. The number of hydrogen-bond acceptors (Lipinski definition) is 1. The highest BCUT2D eigenvalue weighted by atomic mass is 35.5. The molecule has 1 unspecified atom stereocenters. The summed E-state index contributed by atoms with van der Waals surface area (Å²) in [4.78, 5) is 10.6. The van der Waals surface area contributed by atoms with Gasteiger partial charge in [0.2, 0.25) is 5.91 Å². The first-order valence-electron chi connectivity index (χ1n) is 7.23. The van der Waals surface area contributed by atoms with E-state index in [0.717, 1.165) is 12.1 Å². The number of allylic oxidation sites excluding steroid dienone is 1. The predicted molar refractivity (Wildman–Crippen MR) is 86.2 cm³/mol. The van der Waals surface area contributed by atoms with E-state index in [-0.39, 0.29) is 12.3 Å². The number of benzene rings is 2. The van der Waals surface area contributed by atoms with E-state index in [2.05, 4.69) is 5.32 Å². The molecule has 1 amide bonds. The number of carbonyl (C=O) groups is 1. The van der Waals surface area contributed by atoms with Crippen LogP contribution in [0.5, 0.6) is 0 Å². The van der Waals surface area contributed by atoms with Gasteiger partial charge >= 0.3 is 6.18 Å². The summed E-state index contributed by atoms with van der Waals surface area (Å²) >= 11 is 6.75. The van der Waals surface area contributed by atoms with Crippen molar-refractivity contribution in [3.8, 4) is 0 Å². The maximum Gasteiger partial charge on any atom is 0.416 e. The monoisotopic (exact) mass is 351 g/mol. The predicted octanol–water partition coefficient (Wildman–Crippen LogP) is 4.70. The van der Waals surface area contributed by atoms with Crippen LogP contribution in [0.25, 0.3) is 5.57 Å². The third kappa shape index (κ3) is 3.04. The number of halogens is 4. The lowest BCUT2D eigenvalue weighted by Crippen LogP contribution is -2.35. The van der Waals surface area contributed by atoms with E-state index in [4.69, 9.17) is 11.6 Å². The van der Waals surface area contributed by atoms with Gasteiger partial charge in [-0.05, 0) is 23.3 Å². The minimum absolute atomic E-state index is 0.0549. The van der Waals surface area contributed by atoms with Crippen molar-refractivity contribution < 1.29 is 18.0 Å². The van der Waals surface area contributed by atoms with E-state index >= 15 is 0 Å². The molecule has 24 heavy (non-hydrogen) atoms. The molecule has 1 aliphatic heterocycles. The SMILES string of the molecule is O=C1CC(Cl)(c2ccccc2)C(c2cccc(C(F)(F)F)c2)=CN1. The second-order valence-corrected chi connectivity index (χ2v) is 6.19. The summed E-state index contributed by atoms with van der Waals surface area (Å²) in [5, 5.41) is 2.55. The summed E-state index contributed by atoms with van der Waals surface area (Å²) in [6.07, 6.45) is -3.11. The minimum atomic E-state index is -4.45. The Balaban J connectivity index is 2.13. The lowest BCUT2D eigenvalue weighted by molar-refractivity contribution is -0.137. The van der Waals surface area contributed by atoms with Crippen molar-refractivity contribution in [2.24, 2.45) is 0 Å². The molecule has 0 spiro atoms. The maximum atomic E-state index is 13.0. The van der Waals surface area contributed by atoms with Crippen LogP contribution < -0.4 is 5.32 Å². The van der Waals surface area contributed by atoms with Crippen molar-refractivity contribution in [3.63, 3.8) is 0 Å². The fraction of sp³-hybridized carbons (Fsp3) is 0.167. The van der Waals surface area contributed by atoms with E-state index in [1.165, 1.54) is 12.3 Å². The molecule has 0 aromatic heterocycles. The highest BCUT2D eigenvalue weighted by Gasteiger charge is 2.40. The largest absolute Gasteiger partial charge is 0.416 e. The molecule has 2 nitrogen and oxygen atoms in total. The zero-order chi connectivity index (χ0) is 17.4. The van der Waals surface area contributed by atoms with Crippen molar-refractivity contribution >= 4 is 23.1 Å². The van der Waals surface area contributed by atoms with E-state index in [1.807, 2.05) is 0 Å². The third-order valence-electron chi connectivity index (χ3n) is 3.94. The lowest BCUT2D eigenvalue weighted by atomic mass is 9.82. The Labute approximate surface area is 141 Å². The molecule has 124 valence electrons. The summed E-state index contributed by atoms with van der Waals surface area (Å²) in [7, 11) is 0. The molecule has 3 rings (SSSR count). The normalized spacial score (nSPS) is 21.2. The van der Waals surface area contributed by atoms with Gasteiger partial charge in [0.05, 0.1) is 12.0 Å². The summed E-state index contributed by atoms with van der Waals surface area (Å²) in [6, 6.07) is 13.8. The zero-order valence-electron chi connectivity index (χ0n) is 12.4. The molecule has 0 aliphatic carbocycles. The topological polar surface area (TPSA) is 29.1 Å². The van der Waals surface area contributed by atoms with Gasteiger partial charge in [-0.25, -0.2) is 0 Å². The Morgan fingerprint density at radius 1 is 1.04 bits per heavy atom. The van der Waals surface area contributed by atoms with Crippen LogP contribution in [0.2, 0.25) is 0 Å². The molecule has 0 radical (unpaired) electrons. The molecule has 2 aromatic rings. The second kappa shape index (κ2) is 5.98. The first-order valence-corrected chi connectivity index (χ1v) is 7.60. The molecular formula is C18H13ClF3NO. The van der Waals surface area contributed by atoms with Crippen molar-refractivity contribution in [2.75, 3.05) is 0 Å². The Morgan fingerprint density at radius 3 is 2.42 bits per heavy atom. The minimum Gasteiger partial charge on any atom is -0.332 e. The summed E-state index contributed by atoms with van der Waals surface area (Å²) in [6.45, 7) is 0. The molecule has 0 saturated heterocycles. The van der Waals surface area contributed by atoms with Crippen LogP contribution in [-0.2, 0) is 15.8 Å². The van der Waals surface area contributed by atoms with Crippen LogP contribution in [-0.4, -0.2) is 5.91 Å². The number of carbonyl (C=O) groups excluding carboxylic acids is 1. The average molecular weight is 352 g/mol. The quantitative estimate of drug-likeness (QED) is 0.781. The molecule has 1 N–H and O–H groups in total. The number of amides is 1. The van der Waals surface area contributed by atoms with Gasteiger partial charge in [0.1, 0.15) is 4.87 Å². The number of nitrogens with one attached hydrogen (secondary N) is 1. The first-order chi connectivity index (χ1) is 11.3. The second-order valence-electron chi connectivity index (χ2n) is 5.55. The van der Waals surface area contributed by atoms with Gasteiger partial charge in [0.25, 0.3) is 0 Å². The van der Waals surface area contributed by atoms with Crippen LogP contribution in [0, 0.1) is 0 Å². The Morgan fingerprint density at radius 2 is 1.75 bits per heavy atom. The van der Waals surface area contributed by atoms with Crippen LogP contribution in [0.3, 0.4) is 0 Å². The molecule has 0 fully saturated rings. The van der Waals surface area contributed by atoms with Gasteiger partial charge in [-0.15, -0.1) is 11.6 Å². The smallest absolute Gasteiger partial charge is 0.332 e. The summed E-state index contributed by atoms with van der Waals surface area (Å²) in [5.74, 6) is -0.287. The Kier molecular flexibility index (Phi) is 4.13. The number of alkyl halides is 4. The van der Waals surface area contributed by atoms with E-state index in [0.29, 0.717) is 16.7 Å². The van der Waals surface area contributed by atoms with Gasteiger partial charge in [-0.3, -0.25) is 4.79 Å². The molecule has 0 saturated carbocycles. The van der Waals surface area contributed by atoms with Crippen molar-refractivity contribution in [3.05, 3.63) is 77.5 Å². The average Bonchev–Trinajstić information content (AvgIpc) is 2.55. The van der Waals surface area contributed by atoms with Gasteiger partial charge in [-0.1, -0.05) is 42.5 Å². The van der Waals surface area contributed by atoms with Crippen LogP contribution in [0.15, 0.2) is 60.8 Å². The maximum absolute atomic E-state index is 13.0. The van der Waals surface area contributed by atoms with Gasteiger partial charge in [0.15, 0.2) is 0 Å². The van der Waals surface area contributed by atoms with Gasteiger partial charge in [-0.2, -0.15) is 13.2 Å². The molecule has 2 aromatic carbocycles. The number of rotatable bonds is 2. The van der Waals surface area contributed by atoms with E-state index in [9.17, 15) is 18.0 Å². The standard InChI is InChI=1S/C18H13ClF3NO/c19-17(13-6-2-1-3-7-13)10-16(24)23-11-15(17)12-5-4-8-14(9-12)18(20,21)22/h1-9,11H,10H2,(H,23,24). The van der Waals surface area contributed by atoms with E-state index < -0.39 is 16.6 Å². The lowest BCUT2D eigenvalue weighted by Gasteiger charge is -2.33. The van der Waals surface area contributed by atoms with Crippen LogP contribution in [0.1, 0.15) is 23.1 Å². The Hall–Kier alpha value is -2.27. The molecule has 1 atom stereocenters. The Bertz CT molecular complexity index is 801. The highest BCUT2D eigenvalue weighted by molar-refractivity contribution is 6.32. The van der Waals surface area contributed by atoms with Crippen molar-refractivity contribution in [1.29, 1.82) is 0 Å². The van der Waals surface area contributed by atoms with Crippen LogP contribution in [0.4, 0.5) is 13.2 Å². The number of hydrogen-bond donors (Lipinski definition) is 1. The van der Waals surface area contributed by atoms with Crippen molar-refractivity contribution in [1.82, 2.24) is 5.32 Å². The third-order valence-corrected chi connectivity index (χ3v) is 4.50. The molecule has 1 aliphatic rings. The fourth-order valence-corrected chi connectivity index (χ4v) is 3.18. The molecule has 6 heteroatoms. The molecular weight excluding hydrogens is 339 g/mol. The fourth-order valence-electron chi connectivity index (χ4n) is 2.77. The van der Waals surface area contributed by atoms with Gasteiger partial charge in [0, 0.05) is 11.8 Å². The molecule has 0 bridgehead atoms. The van der Waals surface area contributed by atoms with Crippen LogP contribution >= 0.6 is 11.6 Å².